The molecular weight excluding hydrogens is 829 g/mol. The van der Waals surface area contributed by atoms with Crippen LogP contribution in [0, 0.1) is 0 Å². The third kappa shape index (κ3) is 53.9. The molecule has 67 heavy (non-hydrogen) atoms. The molecule has 0 aliphatic carbocycles. The minimum atomic E-state index is -0.785. The standard InChI is InChI=1S/C61H108O6/c1-4-7-10-13-16-19-22-25-27-28-29-30-31-32-33-34-35-37-39-42-45-48-51-54-60(63)66-57-58(56-65-59(62)53-50-47-44-41-38-24-21-18-15-12-9-6-3)67-61(64)55-52-49-46-43-40-36-26-23-20-17-14-11-8-5-2/h14,17-18,21-23,25-26,28-29,58H,4-13,15-16,19-20,24,27,30-57H2,1-3H3/b17-14-,21-18-,25-22-,26-23-,29-28-. The van der Waals surface area contributed by atoms with Crippen molar-refractivity contribution in [2.75, 3.05) is 13.2 Å². The summed E-state index contributed by atoms with van der Waals surface area (Å²) in [6, 6.07) is 0. The van der Waals surface area contributed by atoms with Crippen LogP contribution in [0.3, 0.4) is 0 Å². The summed E-state index contributed by atoms with van der Waals surface area (Å²) in [6.07, 6.45) is 69.3. The van der Waals surface area contributed by atoms with Crippen LogP contribution in [0.15, 0.2) is 60.8 Å². The Morgan fingerprint density at radius 3 is 0.910 bits per heavy atom. The molecule has 388 valence electrons. The zero-order valence-corrected chi connectivity index (χ0v) is 44.4. The summed E-state index contributed by atoms with van der Waals surface area (Å²) in [5.74, 6) is -0.900. The van der Waals surface area contributed by atoms with E-state index >= 15 is 0 Å². The zero-order chi connectivity index (χ0) is 48.6. The van der Waals surface area contributed by atoms with E-state index in [9.17, 15) is 14.4 Å². The lowest BCUT2D eigenvalue weighted by Crippen LogP contribution is -2.30. The third-order valence-electron chi connectivity index (χ3n) is 12.5. The van der Waals surface area contributed by atoms with E-state index in [-0.39, 0.29) is 31.1 Å². The van der Waals surface area contributed by atoms with Gasteiger partial charge in [0, 0.05) is 19.3 Å². The van der Waals surface area contributed by atoms with Crippen molar-refractivity contribution >= 4 is 17.9 Å². The molecule has 0 radical (unpaired) electrons. The largest absolute Gasteiger partial charge is 0.462 e. The summed E-state index contributed by atoms with van der Waals surface area (Å²) in [5, 5.41) is 0. The van der Waals surface area contributed by atoms with Gasteiger partial charge in [-0.1, -0.05) is 229 Å². The molecule has 0 aromatic heterocycles. The molecule has 0 saturated heterocycles. The fourth-order valence-corrected chi connectivity index (χ4v) is 8.07. The Bertz CT molecular complexity index is 1210. The summed E-state index contributed by atoms with van der Waals surface area (Å²) in [5.41, 5.74) is 0. The van der Waals surface area contributed by atoms with Crippen LogP contribution in [-0.2, 0) is 28.6 Å². The second-order valence-corrected chi connectivity index (χ2v) is 19.2. The number of carbonyl (C=O) groups excluding carboxylic acids is 3. The van der Waals surface area contributed by atoms with Gasteiger partial charge in [0.15, 0.2) is 6.10 Å². The van der Waals surface area contributed by atoms with Crippen molar-refractivity contribution in [2.24, 2.45) is 0 Å². The average Bonchev–Trinajstić information content (AvgIpc) is 3.33. The van der Waals surface area contributed by atoms with Crippen LogP contribution in [0.2, 0.25) is 0 Å². The summed E-state index contributed by atoms with van der Waals surface area (Å²) in [7, 11) is 0. The minimum Gasteiger partial charge on any atom is -0.462 e. The molecule has 0 aromatic rings. The topological polar surface area (TPSA) is 78.9 Å². The number of ether oxygens (including phenoxy) is 3. The van der Waals surface area contributed by atoms with Crippen LogP contribution in [0.25, 0.3) is 0 Å². The number of hydrogen-bond donors (Lipinski definition) is 0. The van der Waals surface area contributed by atoms with Gasteiger partial charge < -0.3 is 14.2 Å². The third-order valence-corrected chi connectivity index (χ3v) is 12.5. The van der Waals surface area contributed by atoms with Crippen molar-refractivity contribution in [3.8, 4) is 0 Å². The smallest absolute Gasteiger partial charge is 0.306 e. The Balaban J connectivity index is 4.29. The Morgan fingerprint density at radius 2 is 0.552 bits per heavy atom. The van der Waals surface area contributed by atoms with Crippen molar-refractivity contribution in [1.82, 2.24) is 0 Å². The molecule has 0 saturated carbocycles. The molecule has 0 amide bonds. The molecule has 6 nitrogen and oxygen atoms in total. The van der Waals surface area contributed by atoms with Crippen LogP contribution in [0.4, 0.5) is 0 Å². The first-order chi connectivity index (χ1) is 33.0. The number of hydrogen-bond acceptors (Lipinski definition) is 6. The van der Waals surface area contributed by atoms with Gasteiger partial charge in [-0.25, -0.2) is 0 Å². The fraction of sp³-hybridized carbons (Fsp3) is 0.787. The predicted molar refractivity (Wildman–Crippen MR) is 288 cm³/mol. The van der Waals surface area contributed by atoms with Gasteiger partial charge in [0.25, 0.3) is 0 Å². The van der Waals surface area contributed by atoms with E-state index in [2.05, 4.69) is 81.5 Å². The molecule has 0 heterocycles. The summed E-state index contributed by atoms with van der Waals surface area (Å²) in [6.45, 7) is 6.56. The molecule has 0 N–H and O–H groups in total. The van der Waals surface area contributed by atoms with Crippen molar-refractivity contribution < 1.29 is 28.6 Å². The molecule has 0 aliphatic rings. The van der Waals surface area contributed by atoms with E-state index in [1.807, 2.05) is 0 Å². The number of allylic oxidation sites excluding steroid dienone is 10. The van der Waals surface area contributed by atoms with Crippen LogP contribution < -0.4 is 0 Å². The minimum absolute atomic E-state index is 0.0827. The molecule has 0 spiro atoms. The Kier molecular flexibility index (Phi) is 53.3. The summed E-state index contributed by atoms with van der Waals surface area (Å²) in [4.78, 5) is 38.1. The van der Waals surface area contributed by atoms with Gasteiger partial charge in [-0.15, -0.1) is 0 Å². The second-order valence-electron chi connectivity index (χ2n) is 19.2. The Morgan fingerprint density at radius 1 is 0.299 bits per heavy atom. The van der Waals surface area contributed by atoms with Gasteiger partial charge >= 0.3 is 17.9 Å². The van der Waals surface area contributed by atoms with Crippen molar-refractivity contribution in [3.05, 3.63) is 60.8 Å². The molecule has 0 rings (SSSR count). The maximum atomic E-state index is 12.8. The van der Waals surface area contributed by atoms with E-state index < -0.39 is 6.10 Å². The maximum absolute atomic E-state index is 12.8. The molecule has 1 atom stereocenters. The monoisotopic (exact) mass is 937 g/mol. The highest BCUT2D eigenvalue weighted by atomic mass is 16.6. The molecule has 0 aliphatic heterocycles. The van der Waals surface area contributed by atoms with Crippen LogP contribution in [0.1, 0.15) is 290 Å². The number of carbonyl (C=O) groups is 3. The summed E-state index contributed by atoms with van der Waals surface area (Å²) < 4.78 is 16.8. The zero-order valence-electron chi connectivity index (χ0n) is 44.4. The lowest BCUT2D eigenvalue weighted by molar-refractivity contribution is -0.167. The SMILES string of the molecule is CCCC/C=C\C/C=C\CCCCCCCC(=O)OC(COC(=O)CCCCCCC/C=C\CCCCC)COC(=O)CCCCCCCCCCCCC/C=C\C/C=C\CCCCCCC. The number of esters is 3. The molecule has 1 unspecified atom stereocenters. The highest BCUT2D eigenvalue weighted by Gasteiger charge is 2.19. The average molecular weight is 938 g/mol. The maximum Gasteiger partial charge on any atom is 0.306 e. The number of rotatable bonds is 52. The van der Waals surface area contributed by atoms with Crippen molar-refractivity contribution in [1.29, 1.82) is 0 Å². The molecule has 0 aromatic carbocycles. The quantitative estimate of drug-likeness (QED) is 0.0262. The first-order valence-corrected chi connectivity index (χ1v) is 28.8. The fourth-order valence-electron chi connectivity index (χ4n) is 8.07. The van der Waals surface area contributed by atoms with Crippen molar-refractivity contribution in [2.45, 2.75) is 297 Å². The highest BCUT2D eigenvalue weighted by molar-refractivity contribution is 5.71. The van der Waals surface area contributed by atoms with E-state index in [1.54, 1.807) is 0 Å². The molecule has 0 bridgehead atoms. The van der Waals surface area contributed by atoms with E-state index in [4.69, 9.17) is 14.2 Å². The van der Waals surface area contributed by atoms with Crippen LogP contribution in [-0.4, -0.2) is 37.2 Å². The molecule has 6 heteroatoms. The van der Waals surface area contributed by atoms with Gasteiger partial charge in [-0.2, -0.15) is 0 Å². The van der Waals surface area contributed by atoms with E-state index in [0.717, 1.165) is 96.3 Å². The van der Waals surface area contributed by atoms with Crippen LogP contribution in [0.5, 0.6) is 0 Å². The lowest BCUT2D eigenvalue weighted by Gasteiger charge is -2.18. The normalized spacial score (nSPS) is 12.5. The van der Waals surface area contributed by atoms with Gasteiger partial charge in [-0.3, -0.25) is 14.4 Å². The van der Waals surface area contributed by atoms with Gasteiger partial charge in [-0.05, 0) is 103 Å². The Labute approximate surface area is 415 Å². The van der Waals surface area contributed by atoms with E-state index in [0.29, 0.717) is 19.3 Å². The lowest BCUT2D eigenvalue weighted by atomic mass is 10.0. The number of unbranched alkanes of at least 4 members (excludes halogenated alkanes) is 31. The van der Waals surface area contributed by atoms with Gasteiger partial charge in [0.05, 0.1) is 0 Å². The molecular formula is C61H108O6. The highest BCUT2D eigenvalue weighted by Crippen LogP contribution is 2.15. The van der Waals surface area contributed by atoms with Gasteiger partial charge in [0.1, 0.15) is 13.2 Å². The Hall–Kier alpha value is -2.89. The first-order valence-electron chi connectivity index (χ1n) is 28.8. The van der Waals surface area contributed by atoms with E-state index in [1.165, 1.54) is 154 Å². The predicted octanol–water partition coefficient (Wildman–Crippen LogP) is 19.2. The molecule has 0 fully saturated rings. The van der Waals surface area contributed by atoms with Crippen molar-refractivity contribution in [3.63, 3.8) is 0 Å². The first kappa shape index (κ1) is 64.1. The second kappa shape index (κ2) is 55.7. The summed E-state index contributed by atoms with van der Waals surface area (Å²) >= 11 is 0. The van der Waals surface area contributed by atoms with Gasteiger partial charge in [0.2, 0.25) is 0 Å². The van der Waals surface area contributed by atoms with Crippen LogP contribution >= 0.6 is 0 Å².